The number of carbonyl (C=O) groups is 2. The van der Waals surface area contributed by atoms with Gasteiger partial charge in [-0.15, -0.1) is 0 Å². The van der Waals surface area contributed by atoms with E-state index in [0.29, 0.717) is 6.42 Å². The highest BCUT2D eigenvalue weighted by molar-refractivity contribution is 5.93. The van der Waals surface area contributed by atoms with E-state index >= 15 is 0 Å². The summed E-state index contributed by atoms with van der Waals surface area (Å²) >= 11 is 0. The third-order valence-corrected chi connectivity index (χ3v) is 4.34. The first-order valence-electron chi connectivity index (χ1n) is 9.15. The lowest BCUT2D eigenvalue weighted by Crippen LogP contribution is -2.20. The van der Waals surface area contributed by atoms with Gasteiger partial charge in [-0.25, -0.2) is 4.79 Å². The molecule has 0 aliphatic carbocycles. The SMILES string of the molecule is C=C(C(=O)O)[C@@H](CCCCCCCCCCCCCC)C(=O)O. The van der Waals surface area contributed by atoms with E-state index in [1.165, 1.54) is 57.8 Å². The maximum absolute atomic E-state index is 11.1. The van der Waals surface area contributed by atoms with Crippen LogP contribution in [-0.4, -0.2) is 22.2 Å². The van der Waals surface area contributed by atoms with Crippen molar-refractivity contribution in [1.29, 1.82) is 0 Å². The first kappa shape index (κ1) is 21.7. The molecule has 0 aromatic carbocycles. The smallest absolute Gasteiger partial charge is 0.331 e. The average molecular weight is 326 g/mol. The van der Waals surface area contributed by atoms with Crippen LogP contribution in [0.5, 0.6) is 0 Å². The van der Waals surface area contributed by atoms with E-state index in [9.17, 15) is 9.59 Å². The van der Waals surface area contributed by atoms with Gasteiger partial charge in [0.1, 0.15) is 0 Å². The average Bonchev–Trinajstić information content (AvgIpc) is 2.51. The summed E-state index contributed by atoms with van der Waals surface area (Å²) < 4.78 is 0. The van der Waals surface area contributed by atoms with Crippen molar-refractivity contribution in [2.75, 3.05) is 0 Å². The molecule has 23 heavy (non-hydrogen) atoms. The van der Waals surface area contributed by atoms with Crippen LogP contribution in [0.2, 0.25) is 0 Å². The van der Waals surface area contributed by atoms with Crippen LogP contribution in [0.3, 0.4) is 0 Å². The Morgan fingerprint density at radius 1 is 0.783 bits per heavy atom. The molecule has 0 aromatic heterocycles. The van der Waals surface area contributed by atoms with E-state index in [4.69, 9.17) is 10.2 Å². The normalized spacial score (nSPS) is 12.0. The second-order valence-electron chi connectivity index (χ2n) is 6.40. The number of rotatable bonds is 16. The van der Waals surface area contributed by atoms with Crippen molar-refractivity contribution in [3.8, 4) is 0 Å². The predicted molar refractivity (Wildman–Crippen MR) is 93.6 cm³/mol. The summed E-state index contributed by atoms with van der Waals surface area (Å²) in [5, 5.41) is 17.9. The van der Waals surface area contributed by atoms with Crippen LogP contribution < -0.4 is 0 Å². The van der Waals surface area contributed by atoms with Crippen LogP contribution in [-0.2, 0) is 9.59 Å². The molecule has 4 heteroatoms. The lowest BCUT2D eigenvalue weighted by molar-refractivity contribution is -0.144. The van der Waals surface area contributed by atoms with Gasteiger partial charge in [0.25, 0.3) is 0 Å². The first-order chi connectivity index (χ1) is 11.0. The Hall–Kier alpha value is -1.32. The van der Waals surface area contributed by atoms with E-state index in [1.54, 1.807) is 0 Å². The molecule has 0 radical (unpaired) electrons. The largest absolute Gasteiger partial charge is 0.481 e. The Balaban J connectivity index is 3.52. The molecule has 0 aromatic rings. The molecule has 0 fully saturated rings. The van der Waals surface area contributed by atoms with Crippen molar-refractivity contribution < 1.29 is 19.8 Å². The number of hydrogen-bond acceptors (Lipinski definition) is 2. The van der Waals surface area contributed by atoms with Crippen molar-refractivity contribution in [2.24, 2.45) is 5.92 Å². The zero-order valence-corrected chi connectivity index (χ0v) is 14.7. The maximum atomic E-state index is 11.1. The van der Waals surface area contributed by atoms with Gasteiger partial charge >= 0.3 is 11.9 Å². The standard InChI is InChI=1S/C19H34O4/c1-3-4-5-6-7-8-9-10-11-12-13-14-15-17(19(22)23)16(2)18(20)21/h17H,2-15H2,1H3,(H,20,21)(H,22,23)/t17-/m1/s1. The monoisotopic (exact) mass is 326 g/mol. The highest BCUT2D eigenvalue weighted by Gasteiger charge is 2.24. The summed E-state index contributed by atoms with van der Waals surface area (Å²) in [6, 6.07) is 0. The highest BCUT2D eigenvalue weighted by Crippen LogP contribution is 2.19. The van der Waals surface area contributed by atoms with Gasteiger partial charge in [-0.2, -0.15) is 0 Å². The van der Waals surface area contributed by atoms with E-state index in [2.05, 4.69) is 13.5 Å². The third kappa shape index (κ3) is 11.8. The van der Waals surface area contributed by atoms with Crippen LogP contribution in [0, 0.1) is 5.92 Å². The third-order valence-electron chi connectivity index (χ3n) is 4.34. The van der Waals surface area contributed by atoms with E-state index in [0.717, 1.165) is 19.3 Å². The van der Waals surface area contributed by atoms with E-state index < -0.39 is 17.9 Å². The minimum atomic E-state index is -1.21. The van der Waals surface area contributed by atoms with Gasteiger partial charge < -0.3 is 10.2 Å². The zero-order valence-electron chi connectivity index (χ0n) is 14.7. The minimum Gasteiger partial charge on any atom is -0.481 e. The van der Waals surface area contributed by atoms with Crippen molar-refractivity contribution in [3.05, 3.63) is 12.2 Å². The fourth-order valence-electron chi connectivity index (χ4n) is 2.79. The summed E-state index contributed by atoms with van der Waals surface area (Å²) in [4.78, 5) is 21.9. The topological polar surface area (TPSA) is 74.6 Å². The summed E-state index contributed by atoms with van der Waals surface area (Å²) in [5.74, 6) is -3.24. The number of carboxylic acids is 2. The van der Waals surface area contributed by atoms with Gasteiger partial charge in [0.2, 0.25) is 0 Å². The molecule has 0 amide bonds. The summed E-state index contributed by atoms with van der Waals surface area (Å²) in [7, 11) is 0. The molecule has 0 aliphatic rings. The van der Waals surface area contributed by atoms with Gasteiger partial charge in [-0.1, -0.05) is 90.6 Å². The van der Waals surface area contributed by atoms with Crippen LogP contribution in [0.15, 0.2) is 12.2 Å². The van der Waals surface area contributed by atoms with Crippen molar-refractivity contribution >= 4 is 11.9 Å². The lowest BCUT2D eigenvalue weighted by atomic mass is 9.93. The zero-order chi connectivity index (χ0) is 17.5. The Kier molecular flexibility index (Phi) is 13.5. The quantitative estimate of drug-likeness (QED) is 0.293. The van der Waals surface area contributed by atoms with Gasteiger partial charge in [0.05, 0.1) is 5.92 Å². The van der Waals surface area contributed by atoms with Crippen molar-refractivity contribution in [1.82, 2.24) is 0 Å². The van der Waals surface area contributed by atoms with Crippen LogP contribution in [0.4, 0.5) is 0 Å². The fraction of sp³-hybridized carbons (Fsp3) is 0.789. The Labute approximate surface area is 141 Å². The number of aliphatic carboxylic acids is 2. The Morgan fingerprint density at radius 2 is 1.17 bits per heavy atom. The second-order valence-corrected chi connectivity index (χ2v) is 6.40. The van der Waals surface area contributed by atoms with Crippen molar-refractivity contribution in [2.45, 2.75) is 90.4 Å². The second kappa shape index (κ2) is 14.3. The summed E-state index contributed by atoms with van der Waals surface area (Å²) in [5.41, 5.74) is -0.208. The van der Waals surface area contributed by atoms with Gasteiger partial charge in [0, 0.05) is 5.57 Å². The Bertz CT molecular complexity index is 349. The minimum absolute atomic E-state index is 0.208. The van der Waals surface area contributed by atoms with Crippen LogP contribution >= 0.6 is 0 Å². The number of unbranched alkanes of at least 4 members (excludes halogenated alkanes) is 11. The maximum Gasteiger partial charge on any atom is 0.331 e. The summed E-state index contributed by atoms with van der Waals surface area (Å²) in [6.45, 7) is 5.60. The molecular weight excluding hydrogens is 292 g/mol. The van der Waals surface area contributed by atoms with Crippen molar-refractivity contribution in [3.63, 3.8) is 0 Å². The van der Waals surface area contributed by atoms with Gasteiger partial charge in [-0.05, 0) is 6.42 Å². The van der Waals surface area contributed by atoms with Gasteiger partial charge in [-0.3, -0.25) is 4.79 Å². The van der Waals surface area contributed by atoms with Crippen LogP contribution in [0.25, 0.3) is 0 Å². The Morgan fingerprint density at radius 3 is 1.52 bits per heavy atom. The molecule has 0 aliphatic heterocycles. The molecule has 2 N–H and O–H groups in total. The molecule has 0 heterocycles. The first-order valence-corrected chi connectivity index (χ1v) is 9.15. The molecule has 0 unspecified atom stereocenters. The van der Waals surface area contributed by atoms with E-state index in [-0.39, 0.29) is 5.57 Å². The summed E-state index contributed by atoms with van der Waals surface area (Å²) in [6.07, 6.45) is 15.0. The predicted octanol–water partition coefficient (Wildman–Crippen LogP) is 5.42. The van der Waals surface area contributed by atoms with Crippen LogP contribution in [0.1, 0.15) is 90.4 Å². The highest BCUT2D eigenvalue weighted by atomic mass is 16.4. The molecule has 0 saturated heterocycles. The molecule has 0 spiro atoms. The molecule has 134 valence electrons. The molecule has 0 rings (SSSR count). The lowest BCUT2D eigenvalue weighted by Gasteiger charge is -2.11. The molecule has 0 saturated carbocycles. The number of carboxylic acid groups (broad SMARTS) is 2. The van der Waals surface area contributed by atoms with Gasteiger partial charge in [0.15, 0.2) is 0 Å². The molecular formula is C19H34O4. The molecule has 0 bridgehead atoms. The fourth-order valence-corrected chi connectivity index (χ4v) is 2.79. The number of hydrogen-bond donors (Lipinski definition) is 2. The molecule has 4 nitrogen and oxygen atoms in total. The molecule has 1 atom stereocenters. The van der Waals surface area contributed by atoms with E-state index in [1.807, 2.05) is 0 Å².